The van der Waals surface area contributed by atoms with E-state index in [9.17, 15) is 9.59 Å². The summed E-state index contributed by atoms with van der Waals surface area (Å²) in [7, 11) is 0. The van der Waals surface area contributed by atoms with E-state index >= 15 is 0 Å². The van der Waals surface area contributed by atoms with Crippen molar-refractivity contribution in [1.29, 1.82) is 0 Å². The molecule has 0 aliphatic heterocycles. The highest BCUT2D eigenvalue weighted by Crippen LogP contribution is 2.15. The van der Waals surface area contributed by atoms with Crippen LogP contribution in [-0.2, 0) is 9.59 Å². The van der Waals surface area contributed by atoms with Gasteiger partial charge in [-0.3, -0.25) is 20.4 Å². The maximum absolute atomic E-state index is 11.4. The monoisotopic (exact) mass is 314 g/mol. The van der Waals surface area contributed by atoms with Crippen LogP contribution in [0.3, 0.4) is 0 Å². The number of halogens is 1. The van der Waals surface area contributed by atoms with Gasteiger partial charge in [0, 0.05) is 10.4 Å². The standard InChI is InChI=1S/C12H15BrN2O3/c1-8(2)12(17)15-14-11(16)7-18-10-5-3-9(13)4-6-10/h3-6,8H,7H2,1-2H3,(H,14,16)(H,15,17). The Morgan fingerprint density at radius 1 is 1.22 bits per heavy atom. The van der Waals surface area contributed by atoms with Crippen LogP contribution in [0, 0.1) is 5.92 Å². The van der Waals surface area contributed by atoms with Gasteiger partial charge in [-0.2, -0.15) is 0 Å². The van der Waals surface area contributed by atoms with Crippen LogP contribution < -0.4 is 15.6 Å². The van der Waals surface area contributed by atoms with Crippen molar-refractivity contribution < 1.29 is 14.3 Å². The molecule has 18 heavy (non-hydrogen) atoms. The predicted molar refractivity (Wildman–Crippen MR) is 70.8 cm³/mol. The highest BCUT2D eigenvalue weighted by atomic mass is 79.9. The molecule has 0 heterocycles. The van der Waals surface area contributed by atoms with Crippen molar-refractivity contribution in [2.75, 3.05) is 6.61 Å². The van der Waals surface area contributed by atoms with E-state index in [-0.39, 0.29) is 18.4 Å². The molecule has 0 saturated heterocycles. The molecule has 2 amide bonds. The Morgan fingerprint density at radius 3 is 2.39 bits per heavy atom. The van der Waals surface area contributed by atoms with Crippen LogP contribution in [-0.4, -0.2) is 18.4 Å². The van der Waals surface area contributed by atoms with Crippen LogP contribution in [0.1, 0.15) is 13.8 Å². The highest BCUT2D eigenvalue weighted by molar-refractivity contribution is 9.10. The third-order valence-electron chi connectivity index (χ3n) is 2.03. The van der Waals surface area contributed by atoms with Crippen molar-refractivity contribution in [3.63, 3.8) is 0 Å². The van der Waals surface area contributed by atoms with Crippen LogP contribution in [0.15, 0.2) is 28.7 Å². The minimum absolute atomic E-state index is 0.153. The Hall–Kier alpha value is -1.56. The Labute approximate surface area is 114 Å². The molecule has 0 fully saturated rings. The van der Waals surface area contributed by atoms with Gasteiger partial charge in [-0.25, -0.2) is 0 Å². The van der Waals surface area contributed by atoms with E-state index < -0.39 is 5.91 Å². The van der Waals surface area contributed by atoms with Crippen molar-refractivity contribution in [3.8, 4) is 5.75 Å². The zero-order chi connectivity index (χ0) is 13.5. The molecule has 5 nitrogen and oxygen atoms in total. The predicted octanol–water partition coefficient (Wildman–Crippen LogP) is 1.63. The fraction of sp³-hybridized carbons (Fsp3) is 0.333. The summed E-state index contributed by atoms with van der Waals surface area (Å²) in [6.07, 6.45) is 0. The second kappa shape index (κ2) is 7.00. The largest absolute Gasteiger partial charge is 0.484 e. The zero-order valence-corrected chi connectivity index (χ0v) is 11.8. The van der Waals surface area contributed by atoms with E-state index in [1.54, 1.807) is 26.0 Å². The maximum Gasteiger partial charge on any atom is 0.276 e. The summed E-state index contributed by atoms with van der Waals surface area (Å²) < 4.78 is 6.17. The lowest BCUT2D eigenvalue weighted by atomic mass is 10.2. The first-order valence-electron chi connectivity index (χ1n) is 5.46. The quantitative estimate of drug-likeness (QED) is 0.830. The number of carbonyl (C=O) groups excluding carboxylic acids is 2. The molecule has 0 aliphatic carbocycles. The summed E-state index contributed by atoms with van der Waals surface area (Å²) in [5, 5.41) is 0. The number of hydrogen-bond acceptors (Lipinski definition) is 3. The molecule has 1 rings (SSSR count). The van der Waals surface area contributed by atoms with Gasteiger partial charge in [0.2, 0.25) is 5.91 Å². The molecule has 0 bridgehead atoms. The van der Waals surface area contributed by atoms with E-state index in [1.807, 2.05) is 12.1 Å². The van der Waals surface area contributed by atoms with Crippen LogP contribution in [0.5, 0.6) is 5.75 Å². The number of hydrazine groups is 1. The Bertz CT molecular complexity index is 418. The minimum atomic E-state index is -0.410. The van der Waals surface area contributed by atoms with Crippen LogP contribution >= 0.6 is 15.9 Å². The molecule has 0 aromatic heterocycles. The second-order valence-electron chi connectivity index (χ2n) is 3.93. The van der Waals surface area contributed by atoms with Crippen molar-refractivity contribution in [1.82, 2.24) is 10.9 Å². The SMILES string of the molecule is CC(C)C(=O)NNC(=O)COc1ccc(Br)cc1. The van der Waals surface area contributed by atoms with Gasteiger partial charge in [-0.15, -0.1) is 0 Å². The first-order valence-corrected chi connectivity index (χ1v) is 6.25. The fourth-order valence-corrected chi connectivity index (χ4v) is 1.26. The summed E-state index contributed by atoms with van der Waals surface area (Å²) in [4.78, 5) is 22.5. The van der Waals surface area contributed by atoms with E-state index in [0.717, 1.165) is 4.47 Å². The molecule has 0 saturated carbocycles. The lowest BCUT2D eigenvalue weighted by Gasteiger charge is -2.10. The lowest BCUT2D eigenvalue weighted by molar-refractivity contribution is -0.131. The zero-order valence-electron chi connectivity index (χ0n) is 10.2. The molecule has 0 spiro atoms. The van der Waals surface area contributed by atoms with E-state index in [1.165, 1.54) is 0 Å². The molecule has 0 aliphatic rings. The molecule has 0 unspecified atom stereocenters. The smallest absolute Gasteiger partial charge is 0.276 e. The Morgan fingerprint density at radius 2 is 1.83 bits per heavy atom. The van der Waals surface area contributed by atoms with Gasteiger partial charge < -0.3 is 4.74 Å². The average Bonchev–Trinajstić information content (AvgIpc) is 2.35. The Balaban J connectivity index is 2.29. The molecule has 1 aromatic rings. The van der Waals surface area contributed by atoms with Crippen LogP contribution in [0.4, 0.5) is 0 Å². The number of rotatable bonds is 4. The molecule has 98 valence electrons. The number of amides is 2. The summed E-state index contributed by atoms with van der Waals surface area (Å²) in [5.41, 5.74) is 4.57. The van der Waals surface area contributed by atoms with Gasteiger partial charge >= 0.3 is 0 Å². The third-order valence-corrected chi connectivity index (χ3v) is 2.56. The highest BCUT2D eigenvalue weighted by Gasteiger charge is 2.08. The third kappa shape index (κ3) is 5.18. The molecule has 1 aromatic carbocycles. The molecular weight excluding hydrogens is 300 g/mol. The summed E-state index contributed by atoms with van der Waals surface area (Å²) in [6, 6.07) is 7.11. The number of carbonyl (C=O) groups is 2. The lowest BCUT2D eigenvalue weighted by Crippen LogP contribution is -2.45. The number of benzene rings is 1. The average molecular weight is 315 g/mol. The topological polar surface area (TPSA) is 67.4 Å². The van der Waals surface area contributed by atoms with Gasteiger partial charge in [0.15, 0.2) is 6.61 Å². The maximum atomic E-state index is 11.4. The summed E-state index contributed by atoms with van der Waals surface area (Å²) >= 11 is 3.30. The number of hydrogen-bond donors (Lipinski definition) is 2. The van der Waals surface area contributed by atoms with Crippen molar-refractivity contribution >= 4 is 27.7 Å². The van der Waals surface area contributed by atoms with E-state index in [2.05, 4.69) is 26.8 Å². The van der Waals surface area contributed by atoms with Crippen molar-refractivity contribution in [2.24, 2.45) is 5.92 Å². The fourth-order valence-electron chi connectivity index (χ4n) is 0.991. The number of ether oxygens (including phenoxy) is 1. The molecule has 6 heteroatoms. The van der Waals surface area contributed by atoms with Crippen molar-refractivity contribution in [2.45, 2.75) is 13.8 Å². The summed E-state index contributed by atoms with van der Waals surface area (Å²) in [5.74, 6) is -0.250. The summed E-state index contributed by atoms with van der Waals surface area (Å²) in [6.45, 7) is 3.32. The van der Waals surface area contributed by atoms with E-state index in [0.29, 0.717) is 5.75 Å². The van der Waals surface area contributed by atoms with Gasteiger partial charge in [0.25, 0.3) is 5.91 Å². The van der Waals surface area contributed by atoms with Gasteiger partial charge in [0.1, 0.15) is 5.75 Å². The molecule has 0 radical (unpaired) electrons. The normalized spacial score (nSPS) is 10.0. The molecular formula is C12H15BrN2O3. The molecule has 2 N–H and O–H groups in total. The number of nitrogens with one attached hydrogen (secondary N) is 2. The van der Waals surface area contributed by atoms with E-state index in [4.69, 9.17) is 4.74 Å². The minimum Gasteiger partial charge on any atom is -0.484 e. The van der Waals surface area contributed by atoms with Crippen LogP contribution in [0.2, 0.25) is 0 Å². The molecule has 0 atom stereocenters. The van der Waals surface area contributed by atoms with Crippen LogP contribution in [0.25, 0.3) is 0 Å². The first kappa shape index (κ1) is 14.5. The second-order valence-corrected chi connectivity index (χ2v) is 4.85. The van der Waals surface area contributed by atoms with Crippen molar-refractivity contribution in [3.05, 3.63) is 28.7 Å². The Kier molecular flexibility index (Phi) is 5.64. The first-order chi connectivity index (χ1) is 8.49. The van der Waals surface area contributed by atoms with Gasteiger partial charge in [-0.05, 0) is 24.3 Å². The van der Waals surface area contributed by atoms with Gasteiger partial charge in [0.05, 0.1) is 0 Å². The van der Waals surface area contributed by atoms with Gasteiger partial charge in [-0.1, -0.05) is 29.8 Å².